The minimum absolute atomic E-state index is 0.127. The Morgan fingerprint density at radius 1 is 1.14 bits per heavy atom. The summed E-state index contributed by atoms with van der Waals surface area (Å²) < 4.78 is 1.68. The van der Waals surface area contributed by atoms with Gasteiger partial charge in [0.1, 0.15) is 0 Å². The first-order chi connectivity index (χ1) is 10.3. The fourth-order valence-electron chi connectivity index (χ4n) is 2.13. The van der Waals surface area contributed by atoms with E-state index in [4.69, 9.17) is 11.6 Å². The quantitative estimate of drug-likeness (QED) is 0.753. The number of halogens is 1. The Labute approximate surface area is 127 Å². The number of hydrogen-bond donors (Lipinski definition) is 1. The first-order valence-corrected chi connectivity index (χ1v) is 7.16. The van der Waals surface area contributed by atoms with Gasteiger partial charge in [-0.3, -0.25) is 4.79 Å². The standard InChI is InChI=1S/C16H14ClN3O/c17-9-12-4-6-13(7-5-12)10-18-16(21)14-11-19-20-8-2-1-3-15(14)20/h1-8,11H,9-10H2,(H,18,21). The number of hydrogen-bond acceptors (Lipinski definition) is 2. The Hall–Kier alpha value is -2.33. The lowest BCUT2D eigenvalue weighted by Crippen LogP contribution is -2.22. The van der Waals surface area contributed by atoms with E-state index in [0.717, 1.165) is 16.6 Å². The van der Waals surface area contributed by atoms with E-state index >= 15 is 0 Å². The predicted octanol–water partition coefficient (Wildman–Crippen LogP) is 3.00. The molecule has 0 saturated carbocycles. The average molecular weight is 300 g/mol. The van der Waals surface area contributed by atoms with Gasteiger partial charge in [0.15, 0.2) is 0 Å². The van der Waals surface area contributed by atoms with Crippen LogP contribution in [0.25, 0.3) is 5.52 Å². The van der Waals surface area contributed by atoms with Crippen LogP contribution in [-0.4, -0.2) is 15.5 Å². The summed E-state index contributed by atoms with van der Waals surface area (Å²) in [6.07, 6.45) is 3.40. The number of rotatable bonds is 4. The Morgan fingerprint density at radius 2 is 1.90 bits per heavy atom. The number of aromatic nitrogens is 2. The Kier molecular flexibility index (Phi) is 3.88. The molecule has 0 fully saturated rings. The molecule has 0 aliphatic rings. The molecular weight excluding hydrogens is 286 g/mol. The zero-order valence-corrected chi connectivity index (χ0v) is 12.0. The molecule has 2 heterocycles. The number of nitrogens with zero attached hydrogens (tertiary/aromatic N) is 2. The zero-order valence-electron chi connectivity index (χ0n) is 11.3. The highest BCUT2D eigenvalue weighted by molar-refractivity contribution is 6.17. The second kappa shape index (κ2) is 5.97. The van der Waals surface area contributed by atoms with Crippen LogP contribution in [0.1, 0.15) is 21.5 Å². The van der Waals surface area contributed by atoms with E-state index in [1.165, 1.54) is 0 Å². The van der Waals surface area contributed by atoms with Crippen molar-refractivity contribution < 1.29 is 4.79 Å². The second-order valence-corrected chi connectivity index (χ2v) is 4.99. The molecule has 5 heteroatoms. The van der Waals surface area contributed by atoms with Gasteiger partial charge in [-0.2, -0.15) is 5.10 Å². The number of pyridine rings is 1. The maximum Gasteiger partial charge on any atom is 0.255 e. The van der Waals surface area contributed by atoms with Gasteiger partial charge < -0.3 is 5.32 Å². The first-order valence-electron chi connectivity index (χ1n) is 6.62. The maximum absolute atomic E-state index is 12.2. The molecule has 4 nitrogen and oxygen atoms in total. The highest BCUT2D eigenvalue weighted by Gasteiger charge is 2.11. The van der Waals surface area contributed by atoms with Gasteiger partial charge >= 0.3 is 0 Å². The predicted molar refractivity (Wildman–Crippen MR) is 82.4 cm³/mol. The van der Waals surface area contributed by atoms with Gasteiger partial charge in [-0.15, -0.1) is 11.6 Å². The Bertz CT molecular complexity index is 765. The van der Waals surface area contributed by atoms with Crippen molar-refractivity contribution in [2.24, 2.45) is 0 Å². The number of nitrogens with one attached hydrogen (secondary N) is 1. The van der Waals surface area contributed by atoms with Crippen molar-refractivity contribution in [1.82, 2.24) is 14.9 Å². The first kappa shape index (κ1) is 13.6. The van der Waals surface area contributed by atoms with Crippen LogP contribution in [-0.2, 0) is 12.4 Å². The third-order valence-corrected chi connectivity index (χ3v) is 3.61. The molecule has 1 aromatic carbocycles. The molecule has 1 N–H and O–H groups in total. The molecule has 0 unspecified atom stereocenters. The van der Waals surface area contributed by atoms with E-state index in [1.807, 2.05) is 48.7 Å². The minimum Gasteiger partial charge on any atom is -0.348 e. The van der Waals surface area contributed by atoms with E-state index in [0.29, 0.717) is 18.0 Å². The van der Waals surface area contributed by atoms with Gasteiger partial charge in [-0.25, -0.2) is 4.52 Å². The van der Waals surface area contributed by atoms with Crippen molar-refractivity contribution in [1.29, 1.82) is 0 Å². The van der Waals surface area contributed by atoms with Crippen molar-refractivity contribution >= 4 is 23.0 Å². The summed E-state index contributed by atoms with van der Waals surface area (Å²) in [6.45, 7) is 0.478. The zero-order chi connectivity index (χ0) is 14.7. The van der Waals surface area contributed by atoms with Crippen LogP contribution in [0.3, 0.4) is 0 Å². The molecule has 0 atom stereocenters. The Morgan fingerprint density at radius 3 is 2.67 bits per heavy atom. The van der Waals surface area contributed by atoms with Crippen LogP contribution >= 0.6 is 11.6 Å². The smallest absolute Gasteiger partial charge is 0.255 e. The van der Waals surface area contributed by atoms with Crippen molar-refractivity contribution in [3.05, 3.63) is 71.5 Å². The lowest BCUT2D eigenvalue weighted by Gasteiger charge is -2.05. The van der Waals surface area contributed by atoms with Crippen LogP contribution in [0.5, 0.6) is 0 Å². The van der Waals surface area contributed by atoms with Crippen LogP contribution in [0, 0.1) is 0 Å². The molecule has 2 aromatic heterocycles. The molecule has 0 spiro atoms. The van der Waals surface area contributed by atoms with Crippen LogP contribution in [0.15, 0.2) is 54.9 Å². The molecule has 0 aliphatic heterocycles. The molecule has 106 valence electrons. The fraction of sp³-hybridized carbons (Fsp3) is 0.125. The molecule has 1 amide bonds. The van der Waals surface area contributed by atoms with Crippen molar-refractivity contribution in [3.63, 3.8) is 0 Å². The molecule has 0 saturated heterocycles. The SMILES string of the molecule is O=C(NCc1ccc(CCl)cc1)c1cnn2ccccc12. The van der Waals surface area contributed by atoms with Crippen LogP contribution < -0.4 is 5.32 Å². The van der Waals surface area contributed by atoms with E-state index in [2.05, 4.69) is 10.4 Å². The third-order valence-electron chi connectivity index (χ3n) is 3.30. The molecular formula is C16H14ClN3O. The van der Waals surface area contributed by atoms with Crippen LogP contribution in [0.4, 0.5) is 0 Å². The minimum atomic E-state index is -0.127. The van der Waals surface area contributed by atoms with Gasteiger partial charge in [0.25, 0.3) is 5.91 Å². The highest BCUT2D eigenvalue weighted by atomic mass is 35.5. The summed E-state index contributed by atoms with van der Waals surface area (Å²) in [4.78, 5) is 12.2. The normalized spacial score (nSPS) is 10.7. The molecule has 0 radical (unpaired) electrons. The van der Waals surface area contributed by atoms with Gasteiger partial charge in [-0.1, -0.05) is 30.3 Å². The maximum atomic E-state index is 12.2. The number of fused-ring (bicyclic) bond motifs is 1. The van der Waals surface area contributed by atoms with E-state index in [9.17, 15) is 4.79 Å². The summed E-state index contributed by atoms with van der Waals surface area (Å²) in [5, 5.41) is 7.06. The van der Waals surface area contributed by atoms with Gasteiger partial charge in [-0.05, 0) is 23.3 Å². The number of benzene rings is 1. The summed E-state index contributed by atoms with van der Waals surface area (Å²) in [5.74, 6) is 0.368. The average Bonchev–Trinajstić information content (AvgIpc) is 2.97. The van der Waals surface area contributed by atoms with E-state index in [-0.39, 0.29) is 5.91 Å². The van der Waals surface area contributed by atoms with Crippen molar-refractivity contribution in [2.75, 3.05) is 0 Å². The monoisotopic (exact) mass is 299 g/mol. The molecule has 21 heavy (non-hydrogen) atoms. The van der Waals surface area contributed by atoms with E-state index in [1.54, 1.807) is 10.7 Å². The van der Waals surface area contributed by atoms with Gasteiger partial charge in [0, 0.05) is 18.6 Å². The molecule has 0 aliphatic carbocycles. The highest BCUT2D eigenvalue weighted by Crippen LogP contribution is 2.11. The van der Waals surface area contributed by atoms with Gasteiger partial charge in [0.05, 0.1) is 17.3 Å². The number of carbonyl (C=O) groups excluding carboxylic acids is 1. The topological polar surface area (TPSA) is 46.4 Å². The summed E-state index contributed by atoms with van der Waals surface area (Å²) in [7, 11) is 0. The fourth-order valence-corrected chi connectivity index (χ4v) is 2.31. The molecule has 3 aromatic rings. The Balaban J connectivity index is 1.71. The summed E-state index contributed by atoms with van der Waals surface area (Å²) in [6, 6.07) is 13.5. The lowest BCUT2D eigenvalue weighted by atomic mass is 10.1. The number of alkyl halides is 1. The molecule has 0 bridgehead atoms. The molecule has 3 rings (SSSR count). The number of amides is 1. The summed E-state index contributed by atoms with van der Waals surface area (Å²) >= 11 is 5.75. The second-order valence-electron chi connectivity index (χ2n) is 4.72. The largest absolute Gasteiger partial charge is 0.348 e. The van der Waals surface area contributed by atoms with Gasteiger partial charge in [0.2, 0.25) is 0 Å². The third kappa shape index (κ3) is 2.90. The van der Waals surface area contributed by atoms with E-state index < -0.39 is 0 Å². The van der Waals surface area contributed by atoms with Crippen molar-refractivity contribution in [3.8, 4) is 0 Å². The van der Waals surface area contributed by atoms with Crippen LogP contribution in [0.2, 0.25) is 0 Å². The summed E-state index contributed by atoms with van der Waals surface area (Å²) in [5.41, 5.74) is 3.48. The number of carbonyl (C=O) groups is 1. The lowest BCUT2D eigenvalue weighted by molar-refractivity contribution is 0.0952. The van der Waals surface area contributed by atoms with Crippen molar-refractivity contribution in [2.45, 2.75) is 12.4 Å².